The number of rotatable bonds is 3. The predicted molar refractivity (Wildman–Crippen MR) is 72.3 cm³/mol. The van der Waals surface area contributed by atoms with Gasteiger partial charge in [-0.1, -0.05) is 12.1 Å². The Morgan fingerprint density at radius 3 is 2.42 bits per heavy atom. The van der Waals surface area contributed by atoms with Gasteiger partial charge in [0, 0.05) is 25.9 Å². The second-order valence-electron chi connectivity index (χ2n) is 4.84. The molecule has 0 aromatic heterocycles. The molecule has 1 heterocycles. The minimum atomic E-state index is -0.00750. The number of piperidine rings is 1. The van der Waals surface area contributed by atoms with E-state index in [9.17, 15) is 9.59 Å². The summed E-state index contributed by atoms with van der Waals surface area (Å²) in [6, 6.07) is 7.31. The lowest BCUT2D eigenvalue weighted by atomic mass is 9.88. The van der Waals surface area contributed by atoms with E-state index in [2.05, 4.69) is 0 Å². The quantitative estimate of drug-likeness (QED) is 0.783. The number of Topliss-reactive ketones (excluding diaryl/α,β-unsaturated/α-hetero) is 1. The molecule has 0 saturated carbocycles. The Bertz CT molecular complexity index is 476. The molecule has 0 radical (unpaired) electrons. The SMILES string of the molecule is COc1ccccc1C(=O)C1CCN(C(C)=O)CC1. The number of benzene rings is 1. The summed E-state index contributed by atoms with van der Waals surface area (Å²) in [4.78, 5) is 25.5. The van der Waals surface area contributed by atoms with Crippen LogP contribution in [0.25, 0.3) is 0 Å². The van der Waals surface area contributed by atoms with Crippen LogP contribution in [0.1, 0.15) is 30.1 Å². The third kappa shape index (κ3) is 2.95. The van der Waals surface area contributed by atoms with Gasteiger partial charge in [-0.2, -0.15) is 0 Å². The van der Waals surface area contributed by atoms with Gasteiger partial charge in [0.1, 0.15) is 5.75 Å². The molecule has 0 atom stereocenters. The Kier molecular flexibility index (Phi) is 4.20. The molecule has 1 aromatic carbocycles. The zero-order chi connectivity index (χ0) is 13.8. The molecular weight excluding hydrogens is 242 g/mol. The van der Waals surface area contributed by atoms with Crippen LogP contribution in [0.15, 0.2) is 24.3 Å². The average Bonchev–Trinajstić information content (AvgIpc) is 2.46. The van der Waals surface area contributed by atoms with Crippen LogP contribution in [0.3, 0.4) is 0 Å². The van der Waals surface area contributed by atoms with E-state index in [1.54, 1.807) is 31.1 Å². The lowest BCUT2D eigenvalue weighted by Gasteiger charge is -2.30. The predicted octanol–water partition coefficient (Wildman–Crippen LogP) is 2.14. The number of amides is 1. The number of ketones is 1. The van der Waals surface area contributed by atoms with E-state index in [-0.39, 0.29) is 17.6 Å². The number of methoxy groups -OCH3 is 1. The van der Waals surface area contributed by atoms with E-state index >= 15 is 0 Å². The summed E-state index contributed by atoms with van der Waals surface area (Å²) in [5.41, 5.74) is 0.645. The molecule has 1 aromatic rings. The molecule has 1 amide bonds. The summed E-state index contributed by atoms with van der Waals surface area (Å²) in [6.45, 7) is 2.91. The first-order chi connectivity index (χ1) is 9.13. The van der Waals surface area contributed by atoms with Gasteiger partial charge < -0.3 is 9.64 Å². The van der Waals surface area contributed by atoms with Gasteiger partial charge in [-0.15, -0.1) is 0 Å². The molecule has 1 aliphatic heterocycles. The summed E-state index contributed by atoms with van der Waals surface area (Å²) < 4.78 is 5.23. The van der Waals surface area contributed by atoms with Gasteiger partial charge in [0.05, 0.1) is 12.7 Å². The fourth-order valence-electron chi connectivity index (χ4n) is 2.52. The van der Waals surface area contributed by atoms with Crippen molar-refractivity contribution in [3.63, 3.8) is 0 Å². The van der Waals surface area contributed by atoms with Crippen LogP contribution in [0.5, 0.6) is 5.75 Å². The maximum Gasteiger partial charge on any atom is 0.219 e. The van der Waals surface area contributed by atoms with E-state index in [0.717, 1.165) is 12.8 Å². The molecular formula is C15H19NO3. The third-order valence-electron chi connectivity index (χ3n) is 3.68. The maximum atomic E-state index is 12.5. The van der Waals surface area contributed by atoms with Crippen molar-refractivity contribution in [1.82, 2.24) is 4.90 Å². The monoisotopic (exact) mass is 261 g/mol. The number of nitrogens with zero attached hydrogens (tertiary/aromatic N) is 1. The molecule has 19 heavy (non-hydrogen) atoms. The highest BCUT2D eigenvalue weighted by Crippen LogP contribution is 2.26. The van der Waals surface area contributed by atoms with Crippen molar-refractivity contribution < 1.29 is 14.3 Å². The molecule has 0 spiro atoms. The van der Waals surface area contributed by atoms with Crippen molar-refractivity contribution in [2.45, 2.75) is 19.8 Å². The normalized spacial score (nSPS) is 16.2. The molecule has 4 heteroatoms. The van der Waals surface area contributed by atoms with Crippen LogP contribution < -0.4 is 4.74 Å². The van der Waals surface area contributed by atoms with Crippen molar-refractivity contribution in [2.24, 2.45) is 5.92 Å². The van der Waals surface area contributed by atoms with Gasteiger partial charge in [-0.25, -0.2) is 0 Å². The zero-order valence-electron chi connectivity index (χ0n) is 11.4. The number of likely N-dealkylation sites (tertiary alicyclic amines) is 1. The summed E-state index contributed by atoms with van der Waals surface area (Å²) in [7, 11) is 1.57. The van der Waals surface area contributed by atoms with Crippen LogP contribution in [0.2, 0.25) is 0 Å². The molecule has 0 aliphatic carbocycles. The number of ether oxygens (including phenoxy) is 1. The highest BCUT2D eigenvalue weighted by Gasteiger charge is 2.28. The number of carbonyl (C=O) groups is 2. The molecule has 1 aliphatic rings. The number of carbonyl (C=O) groups excluding carboxylic acids is 2. The van der Waals surface area contributed by atoms with Gasteiger partial charge >= 0.3 is 0 Å². The van der Waals surface area contributed by atoms with Gasteiger partial charge in [-0.3, -0.25) is 9.59 Å². The van der Waals surface area contributed by atoms with Crippen LogP contribution in [0.4, 0.5) is 0 Å². The summed E-state index contributed by atoms with van der Waals surface area (Å²) >= 11 is 0. The molecule has 2 rings (SSSR count). The maximum absolute atomic E-state index is 12.5. The van der Waals surface area contributed by atoms with Gasteiger partial charge in [0.15, 0.2) is 5.78 Å². The van der Waals surface area contributed by atoms with Crippen molar-refractivity contribution in [2.75, 3.05) is 20.2 Å². The number of hydrogen-bond acceptors (Lipinski definition) is 3. The van der Waals surface area contributed by atoms with Crippen molar-refractivity contribution in [3.05, 3.63) is 29.8 Å². The van der Waals surface area contributed by atoms with E-state index < -0.39 is 0 Å². The van der Waals surface area contributed by atoms with Gasteiger partial charge in [0.25, 0.3) is 0 Å². The molecule has 0 N–H and O–H groups in total. The highest BCUT2D eigenvalue weighted by molar-refractivity contribution is 6.00. The van der Waals surface area contributed by atoms with E-state index in [1.165, 1.54) is 0 Å². The van der Waals surface area contributed by atoms with Crippen molar-refractivity contribution >= 4 is 11.7 Å². The highest BCUT2D eigenvalue weighted by atomic mass is 16.5. The fraction of sp³-hybridized carbons (Fsp3) is 0.467. The van der Waals surface area contributed by atoms with Crippen LogP contribution in [0, 0.1) is 5.92 Å². The lowest BCUT2D eigenvalue weighted by molar-refractivity contribution is -0.130. The average molecular weight is 261 g/mol. The minimum Gasteiger partial charge on any atom is -0.496 e. The standard InChI is InChI=1S/C15H19NO3/c1-11(17)16-9-7-12(8-10-16)15(18)13-5-3-4-6-14(13)19-2/h3-6,12H,7-10H2,1-2H3. The Morgan fingerprint density at radius 2 is 1.84 bits per heavy atom. The number of para-hydroxylation sites is 1. The summed E-state index contributed by atoms with van der Waals surface area (Å²) in [6.07, 6.45) is 1.47. The first kappa shape index (κ1) is 13.6. The first-order valence-electron chi connectivity index (χ1n) is 6.56. The molecule has 0 unspecified atom stereocenters. The van der Waals surface area contributed by atoms with E-state index in [4.69, 9.17) is 4.74 Å². The van der Waals surface area contributed by atoms with Crippen LogP contribution in [-0.4, -0.2) is 36.8 Å². The van der Waals surface area contributed by atoms with Crippen LogP contribution >= 0.6 is 0 Å². The molecule has 1 saturated heterocycles. The summed E-state index contributed by atoms with van der Waals surface area (Å²) in [5, 5.41) is 0. The van der Waals surface area contributed by atoms with Crippen LogP contribution in [-0.2, 0) is 4.79 Å². The van der Waals surface area contributed by atoms with Crippen molar-refractivity contribution in [1.29, 1.82) is 0 Å². The number of hydrogen-bond donors (Lipinski definition) is 0. The Morgan fingerprint density at radius 1 is 1.21 bits per heavy atom. The van der Waals surface area contributed by atoms with E-state index in [0.29, 0.717) is 24.4 Å². The topological polar surface area (TPSA) is 46.6 Å². The Labute approximate surface area is 113 Å². The lowest BCUT2D eigenvalue weighted by Crippen LogP contribution is -2.39. The smallest absolute Gasteiger partial charge is 0.219 e. The molecule has 0 bridgehead atoms. The first-order valence-corrected chi connectivity index (χ1v) is 6.56. The third-order valence-corrected chi connectivity index (χ3v) is 3.68. The minimum absolute atomic E-state index is 0.00750. The summed E-state index contributed by atoms with van der Waals surface area (Å²) in [5.74, 6) is 0.831. The van der Waals surface area contributed by atoms with Gasteiger partial charge in [-0.05, 0) is 25.0 Å². The second kappa shape index (κ2) is 5.87. The Hall–Kier alpha value is -1.84. The fourth-order valence-corrected chi connectivity index (χ4v) is 2.52. The molecule has 102 valence electrons. The zero-order valence-corrected chi connectivity index (χ0v) is 11.4. The largest absolute Gasteiger partial charge is 0.496 e. The van der Waals surface area contributed by atoms with Crippen molar-refractivity contribution in [3.8, 4) is 5.75 Å². The molecule has 4 nitrogen and oxygen atoms in total. The second-order valence-corrected chi connectivity index (χ2v) is 4.84. The van der Waals surface area contributed by atoms with Gasteiger partial charge in [0.2, 0.25) is 5.91 Å². The van der Waals surface area contributed by atoms with E-state index in [1.807, 2.05) is 12.1 Å². The molecule has 1 fully saturated rings. The Balaban J connectivity index is 2.07.